The zero-order chi connectivity index (χ0) is 16.2. The van der Waals surface area contributed by atoms with Crippen LogP contribution in [0.3, 0.4) is 0 Å². The highest BCUT2D eigenvalue weighted by Gasteiger charge is 2.31. The van der Waals surface area contributed by atoms with Gasteiger partial charge in [-0.2, -0.15) is 5.10 Å². The molecule has 3 rings (SSSR count). The van der Waals surface area contributed by atoms with Crippen molar-refractivity contribution >= 4 is 11.8 Å². The van der Waals surface area contributed by atoms with Crippen LogP contribution in [0.5, 0.6) is 0 Å². The van der Waals surface area contributed by atoms with Crippen molar-refractivity contribution in [3.8, 4) is 0 Å². The van der Waals surface area contributed by atoms with Crippen molar-refractivity contribution in [1.29, 1.82) is 0 Å². The summed E-state index contributed by atoms with van der Waals surface area (Å²) in [6, 6.07) is 0. The minimum absolute atomic E-state index is 0.0563. The highest BCUT2D eigenvalue weighted by molar-refractivity contribution is 5.94. The Morgan fingerprint density at radius 3 is 3.13 bits per heavy atom. The first-order chi connectivity index (χ1) is 11.2. The third-order valence-corrected chi connectivity index (χ3v) is 4.64. The quantitative estimate of drug-likeness (QED) is 0.751. The molecular formula is C16H25N5O2. The number of aromatic amines is 1. The van der Waals surface area contributed by atoms with E-state index in [1.165, 1.54) is 0 Å². The lowest BCUT2D eigenvalue weighted by Crippen LogP contribution is -2.46. The molecule has 7 nitrogen and oxygen atoms in total. The molecular weight excluding hydrogens is 294 g/mol. The molecule has 0 aliphatic carbocycles. The van der Waals surface area contributed by atoms with E-state index in [9.17, 15) is 9.59 Å². The molecule has 126 valence electrons. The Balaban J connectivity index is 1.67. The smallest absolute Gasteiger partial charge is 0.274 e. The monoisotopic (exact) mass is 319 g/mol. The summed E-state index contributed by atoms with van der Waals surface area (Å²) in [7, 11) is 0. The largest absolute Gasteiger partial charge is 0.356 e. The van der Waals surface area contributed by atoms with E-state index in [0.29, 0.717) is 31.9 Å². The van der Waals surface area contributed by atoms with E-state index in [4.69, 9.17) is 0 Å². The topological polar surface area (TPSA) is 90.1 Å². The molecule has 0 saturated carbocycles. The molecule has 3 N–H and O–H groups in total. The summed E-state index contributed by atoms with van der Waals surface area (Å²) in [5.74, 6) is -0.0959. The van der Waals surface area contributed by atoms with Crippen LogP contribution >= 0.6 is 0 Å². The third-order valence-electron chi connectivity index (χ3n) is 4.64. The predicted molar refractivity (Wildman–Crippen MR) is 85.9 cm³/mol. The number of carbonyl (C=O) groups excluding carboxylic acids is 2. The van der Waals surface area contributed by atoms with Gasteiger partial charge in [-0.25, -0.2) is 0 Å². The van der Waals surface area contributed by atoms with Crippen LogP contribution < -0.4 is 10.6 Å². The number of H-pyrrole nitrogens is 1. The summed E-state index contributed by atoms with van der Waals surface area (Å²) >= 11 is 0. The third kappa shape index (κ3) is 3.39. The molecule has 1 aromatic rings. The summed E-state index contributed by atoms with van der Waals surface area (Å²) in [5, 5.41) is 13.4. The zero-order valence-electron chi connectivity index (χ0n) is 13.7. The standard InChI is InChI=1S/C16H25N5O2/c1-2-6-18-15(22)11-4-3-8-21(10-11)16(23)14-12-9-17-7-5-13(12)19-20-14/h11,17H,2-10H2,1H3,(H,18,22)(H,19,20). The molecule has 1 saturated heterocycles. The van der Waals surface area contributed by atoms with Gasteiger partial charge in [0.2, 0.25) is 5.91 Å². The summed E-state index contributed by atoms with van der Waals surface area (Å²) in [6.07, 6.45) is 3.51. The van der Waals surface area contributed by atoms with Gasteiger partial charge in [0.25, 0.3) is 5.91 Å². The van der Waals surface area contributed by atoms with Crippen LogP contribution in [-0.2, 0) is 17.8 Å². The molecule has 23 heavy (non-hydrogen) atoms. The maximum absolute atomic E-state index is 12.8. The van der Waals surface area contributed by atoms with Gasteiger partial charge in [-0.1, -0.05) is 6.92 Å². The zero-order valence-corrected chi connectivity index (χ0v) is 13.7. The summed E-state index contributed by atoms with van der Waals surface area (Å²) in [6.45, 7) is 5.51. The van der Waals surface area contributed by atoms with Gasteiger partial charge >= 0.3 is 0 Å². The van der Waals surface area contributed by atoms with Crippen molar-refractivity contribution in [3.63, 3.8) is 0 Å². The van der Waals surface area contributed by atoms with Gasteiger partial charge in [0, 0.05) is 50.4 Å². The molecule has 2 aliphatic heterocycles. The second kappa shape index (κ2) is 7.12. The van der Waals surface area contributed by atoms with Gasteiger partial charge in [0.15, 0.2) is 5.69 Å². The van der Waals surface area contributed by atoms with Crippen molar-refractivity contribution < 1.29 is 9.59 Å². The Kier molecular flexibility index (Phi) is 4.95. The average Bonchev–Trinajstić information content (AvgIpc) is 3.03. The molecule has 1 aromatic heterocycles. The number of hydrogen-bond acceptors (Lipinski definition) is 4. The lowest BCUT2D eigenvalue weighted by Gasteiger charge is -2.32. The van der Waals surface area contributed by atoms with Crippen molar-refractivity contribution in [2.75, 3.05) is 26.2 Å². The van der Waals surface area contributed by atoms with Crippen molar-refractivity contribution in [2.24, 2.45) is 5.92 Å². The van der Waals surface area contributed by atoms with Crippen LogP contribution in [0, 0.1) is 5.92 Å². The fourth-order valence-corrected chi connectivity index (χ4v) is 3.32. The van der Waals surface area contributed by atoms with Crippen LogP contribution in [0.1, 0.15) is 47.9 Å². The minimum atomic E-state index is -0.104. The van der Waals surface area contributed by atoms with E-state index < -0.39 is 0 Å². The number of piperidine rings is 1. The summed E-state index contributed by atoms with van der Waals surface area (Å²) < 4.78 is 0. The number of likely N-dealkylation sites (tertiary alicyclic amines) is 1. The van der Waals surface area contributed by atoms with E-state index in [1.807, 2.05) is 6.92 Å². The van der Waals surface area contributed by atoms with Crippen LogP contribution in [0.2, 0.25) is 0 Å². The molecule has 0 aromatic carbocycles. The van der Waals surface area contributed by atoms with Gasteiger partial charge in [0.1, 0.15) is 0 Å². The van der Waals surface area contributed by atoms with E-state index in [1.54, 1.807) is 4.90 Å². The van der Waals surface area contributed by atoms with Crippen molar-refractivity contribution in [2.45, 2.75) is 39.2 Å². The molecule has 0 spiro atoms. The number of hydrogen-bond donors (Lipinski definition) is 3. The molecule has 3 heterocycles. The number of amides is 2. The number of nitrogens with zero attached hydrogens (tertiary/aromatic N) is 2. The molecule has 2 amide bonds. The normalized spacial score (nSPS) is 20.9. The fraction of sp³-hybridized carbons (Fsp3) is 0.688. The Labute approximate surface area is 136 Å². The van der Waals surface area contributed by atoms with Gasteiger partial charge in [-0.3, -0.25) is 14.7 Å². The lowest BCUT2D eigenvalue weighted by atomic mass is 9.96. The average molecular weight is 319 g/mol. The van der Waals surface area contributed by atoms with Crippen molar-refractivity contribution in [1.82, 2.24) is 25.7 Å². The second-order valence-corrected chi connectivity index (χ2v) is 6.34. The molecule has 7 heteroatoms. The molecule has 0 radical (unpaired) electrons. The highest BCUT2D eigenvalue weighted by atomic mass is 16.2. The lowest BCUT2D eigenvalue weighted by molar-refractivity contribution is -0.126. The molecule has 1 fully saturated rings. The Bertz CT molecular complexity index is 583. The van der Waals surface area contributed by atoms with E-state index in [0.717, 1.165) is 43.5 Å². The van der Waals surface area contributed by atoms with Gasteiger partial charge < -0.3 is 15.5 Å². The second-order valence-electron chi connectivity index (χ2n) is 6.34. The Hall–Kier alpha value is -1.89. The number of rotatable bonds is 4. The number of fused-ring (bicyclic) bond motifs is 1. The summed E-state index contributed by atoms with van der Waals surface area (Å²) in [5.41, 5.74) is 2.56. The number of carbonyl (C=O) groups is 2. The van der Waals surface area contributed by atoms with Gasteiger partial charge in [-0.05, 0) is 19.3 Å². The number of aromatic nitrogens is 2. The molecule has 1 atom stereocenters. The van der Waals surface area contributed by atoms with Gasteiger partial charge in [0.05, 0.1) is 5.92 Å². The first-order valence-corrected chi connectivity index (χ1v) is 8.54. The van der Waals surface area contributed by atoms with Crippen LogP contribution in [-0.4, -0.2) is 53.1 Å². The highest BCUT2D eigenvalue weighted by Crippen LogP contribution is 2.22. The van der Waals surface area contributed by atoms with Crippen LogP contribution in [0.4, 0.5) is 0 Å². The van der Waals surface area contributed by atoms with E-state index in [-0.39, 0.29) is 17.7 Å². The molecule has 0 bridgehead atoms. The summed E-state index contributed by atoms with van der Waals surface area (Å²) in [4.78, 5) is 26.7. The van der Waals surface area contributed by atoms with E-state index in [2.05, 4.69) is 20.8 Å². The maximum Gasteiger partial charge on any atom is 0.274 e. The molecule has 1 unspecified atom stereocenters. The fourth-order valence-electron chi connectivity index (χ4n) is 3.32. The van der Waals surface area contributed by atoms with Crippen molar-refractivity contribution in [3.05, 3.63) is 17.0 Å². The first-order valence-electron chi connectivity index (χ1n) is 8.54. The molecule has 2 aliphatic rings. The van der Waals surface area contributed by atoms with Gasteiger partial charge in [-0.15, -0.1) is 0 Å². The maximum atomic E-state index is 12.8. The van der Waals surface area contributed by atoms with E-state index >= 15 is 0 Å². The minimum Gasteiger partial charge on any atom is -0.356 e. The SMILES string of the molecule is CCCNC(=O)C1CCCN(C(=O)c2n[nH]c3c2CNCC3)C1. The van der Waals surface area contributed by atoms with Crippen LogP contribution in [0.25, 0.3) is 0 Å². The van der Waals surface area contributed by atoms with Crippen LogP contribution in [0.15, 0.2) is 0 Å². The Morgan fingerprint density at radius 2 is 2.30 bits per heavy atom. The Morgan fingerprint density at radius 1 is 1.43 bits per heavy atom. The number of nitrogens with one attached hydrogen (secondary N) is 3. The first kappa shape index (κ1) is 16.0. The predicted octanol–water partition coefficient (Wildman–Crippen LogP) is 0.434.